The monoisotopic (exact) mass is 213 g/mol. The molecule has 0 saturated heterocycles. The van der Waals surface area contributed by atoms with Crippen molar-refractivity contribution in [1.82, 2.24) is 0 Å². The number of hydrogen-bond acceptors (Lipinski definition) is 2. The molecule has 0 radical (unpaired) electrons. The van der Waals surface area contributed by atoms with Gasteiger partial charge in [0.25, 0.3) is 6.43 Å². The van der Waals surface area contributed by atoms with Crippen molar-refractivity contribution in [2.75, 3.05) is 5.73 Å². The molecule has 1 aromatic heterocycles. The number of halogens is 2. The van der Waals surface area contributed by atoms with E-state index in [2.05, 4.69) is 0 Å². The zero-order valence-electron chi connectivity index (χ0n) is 7.55. The molecule has 0 aliphatic rings. The highest BCUT2D eigenvalue weighted by Gasteiger charge is 2.10. The number of nitrogens with two attached hydrogens (primary N) is 1. The fourth-order valence-corrected chi connectivity index (χ4v) is 2.38. The van der Waals surface area contributed by atoms with Crippen molar-refractivity contribution in [3.05, 3.63) is 29.3 Å². The SMILES string of the molecule is Cc1cc(C(F)F)cc2cc(N)sc12. The van der Waals surface area contributed by atoms with Gasteiger partial charge in [0.15, 0.2) is 0 Å². The van der Waals surface area contributed by atoms with E-state index in [1.54, 1.807) is 6.07 Å². The first-order valence-corrected chi connectivity index (χ1v) is 4.97. The minimum atomic E-state index is -2.42. The van der Waals surface area contributed by atoms with Crippen molar-refractivity contribution in [2.24, 2.45) is 0 Å². The number of rotatable bonds is 1. The highest BCUT2D eigenvalue weighted by Crippen LogP contribution is 2.33. The summed E-state index contributed by atoms with van der Waals surface area (Å²) >= 11 is 1.43. The predicted molar refractivity (Wildman–Crippen MR) is 55.9 cm³/mol. The number of thiophene rings is 1. The predicted octanol–water partition coefficient (Wildman–Crippen LogP) is 3.73. The molecule has 4 heteroatoms. The quantitative estimate of drug-likeness (QED) is 0.767. The fourth-order valence-electron chi connectivity index (χ4n) is 1.50. The molecule has 0 spiro atoms. The van der Waals surface area contributed by atoms with Crippen LogP contribution < -0.4 is 5.73 Å². The maximum atomic E-state index is 12.5. The Morgan fingerprint density at radius 3 is 2.64 bits per heavy atom. The van der Waals surface area contributed by atoms with Crippen LogP contribution in [0.3, 0.4) is 0 Å². The molecule has 0 amide bonds. The molecule has 1 heterocycles. The molecule has 0 aliphatic carbocycles. The lowest BCUT2D eigenvalue weighted by molar-refractivity contribution is 0.151. The van der Waals surface area contributed by atoms with E-state index in [-0.39, 0.29) is 5.56 Å². The number of fused-ring (bicyclic) bond motifs is 1. The highest BCUT2D eigenvalue weighted by molar-refractivity contribution is 7.22. The van der Waals surface area contributed by atoms with Gasteiger partial charge in [0, 0.05) is 10.3 Å². The third kappa shape index (κ3) is 1.46. The second-order valence-electron chi connectivity index (χ2n) is 3.21. The first kappa shape index (κ1) is 9.40. The summed E-state index contributed by atoms with van der Waals surface area (Å²) in [5.74, 6) is 0. The minimum absolute atomic E-state index is 0.0628. The highest BCUT2D eigenvalue weighted by atomic mass is 32.1. The zero-order valence-corrected chi connectivity index (χ0v) is 8.37. The van der Waals surface area contributed by atoms with Crippen LogP contribution >= 0.6 is 11.3 Å². The van der Waals surface area contributed by atoms with Crippen LogP contribution in [-0.4, -0.2) is 0 Å². The molecular weight excluding hydrogens is 204 g/mol. The Hall–Kier alpha value is -1.16. The van der Waals surface area contributed by atoms with E-state index < -0.39 is 6.43 Å². The molecule has 0 saturated carbocycles. The van der Waals surface area contributed by atoms with Gasteiger partial charge >= 0.3 is 0 Å². The van der Waals surface area contributed by atoms with Crippen molar-refractivity contribution in [3.63, 3.8) is 0 Å². The van der Waals surface area contributed by atoms with Crippen molar-refractivity contribution >= 4 is 26.4 Å². The van der Waals surface area contributed by atoms with Crippen LogP contribution in [0.15, 0.2) is 18.2 Å². The molecule has 0 unspecified atom stereocenters. The fraction of sp³-hybridized carbons (Fsp3) is 0.200. The van der Waals surface area contributed by atoms with Gasteiger partial charge < -0.3 is 5.73 Å². The van der Waals surface area contributed by atoms with Crippen LogP contribution in [0.5, 0.6) is 0 Å². The van der Waals surface area contributed by atoms with Crippen LogP contribution in [0.2, 0.25) is 0 Å². The number of alkyl halides is 2. The lowest BCUT2D eigenvalue weighted by atomic mass is 10.1. The Balaban J connectivity index is 2.71. The zero-order chi connectivity index (χ0) is 10.3. The van der Waals surface area contributed by atoms with Gasteiger partial charge in [-0.25, -0.2) is 8.78 Å². The standard InChI is InChI=1S/C10H9F2NS/c1-5-2-7(10(11)12)3-6-4-8(13)14-9(5)6/h2-4,10H,13H2,1H3. The van der Waals surface area contributed by atoms with Crippen molar-refractivity contribution in [2.45, 2.75) is 13.3 Å². The average molecular weight is 213 g/mol. The summed E-state index contributed by atoms with van der Waals surface area (Å²) in [6.45, 7) is 1.82. The smallest absolute Gasteiger partial charge is 0.263 e. The van der Waals surface area contributed by atoms with E-state index >= 15 is 0 Å². The second-order valence-corrected chi connectivity index (χ2v) is 4.29. The van der Waals surface area contributed by atoms with Gasteiger partial charge in [-0.15, -0.1) is 11.3 Å². The number of hydrogen-bond donors (Lipinski definition) is 1. The summed E-state index contributed by atoms with van der Waals surface area (Å²) in [4.78, 5) is 0. The number of anilines is 1. The number of benzene rings is 1. The first-order valence-electron chi connectivity index (χ1n) is 4.15. The van der Waals surface area contributed by atoms with Gasteiger partial charge in [0.1, 0.15) is 0 Å². The third-order valence-corrected chi connectivity index (χ3v) is 3.21. The molecule has 2 rings (SSSR count). The van der Waals surface area contributed by atoms with Gasteiger partial charge in [-0.3, -0.25) is 0 Å². The Labute approximate surface area is 84.2 Å². The van der Waals surface area contributed by atoms with Crippen LogP contribution in [0.1, 0.15) is 17.6 Å². The van der Waals surface area contributed by atoms with Crippen molar-refractivity contribution in [3.8, 4) is 0 Å². The molecule has 1 aromatic carbocycles. The molecule has 2 N–H and O–H groups in total. The minimum Gasteiger partial charge on any atom is -0.391 e. The lowest BCUT2D eigenvalue weighted by Gasteiger charge is -2.02. The summed E-state index contributed by atoms with van der Waals surface area (Å²) < 4.78 is 25.9. The van der Waals surface area contributed by atoms with E-state index in [0.29, 0.717) is 5.00 Å². The van der Waals surface area contributed by atoms with Gasteiger partial charge in [-0.1, -0.05) is 0 Å². The van der Waals surface area contributed by atoms with Gasteiger partial charge in [-0.05, 0) is 36.1 Å². The molecule has 0 bridgehead atoms. The second kappa shape index (κ2) is 3.20. The molecule has 74 valence electrons. The normalized spacial score (nSPS) is 11.4. The Kier molecular flexibility index (Phi) is 2.15. The molecule has 0 aliphatic heterocycles. The van der Waals surface area contributed by atoms with Crippen LogP contribution in [0, 0.1) is 6.92 Å². The topological polar surface area (TPSA) is 26.0 Å². The molecule has 14 heavy (non-hydrogen) atoms. The summed E-state index contributed by atoms with van der Waals surface area (Å²) in [5.41, 5.74) is 6.54. The van der Waals surface area contributed by atoms with Crippen molar-refractivity contribution < 1.29 is 8.78 Å². The van der Waals surface area contributed by atoms with Gasteiger partial charge in [-0.2, -0.15) is 0 Å². The molecule has 0 atom stereocenters. The number of aryl methyl sites for hydroxylation is 1. The largest absolute Gasteiger partial charge is 0.391 e. The van der Waals surface area contributed by atoms with E-state index in [9.17, 15) is 8.78 Å². The van der Waals surface area contributed by atoms with Crippen LogP contribution in [0.4, 0.5) is 13.8 Å². The summed E-state index contributed by atoms with van der Waals surface area (Å²) in [7, 11) is 0. The molecule has 1 nitrogen and oxygen atoms in total. The number of nitrogen functional groups attached to an aromatic ring is 1. The average Bonchev–Trinajstić information content (AvgIpc) is 2.45. The Bertz CT molecular complexity index is 476. The summed E-state index contributed by atoms with van der Waals surface area (Å²) in [5, 5.41) is 1.47. The maximum Gasteiger partial charge on any atom is 0.263 e. The van der Waals surface area contributed by atoms with Crippen LogP contribution in [-0.2, 0) is 0 Å². The Morgan fingerprint density at radius 1 is 1.29 bits per heavy atom. The summed E-state index contributed by atoms with van der Waals surface area (Å²) in [6.07, 6.45) is -2.42. The van der Waals surface area contributed by atoms with Gasteiger partial charge in [0.2, 0.25) is 0 Å². The molecule has 2 aromatic rings. The van der Waals surface area contributed by atoms with E-state index in [1.165, 1.54) is 23.5 Å². The van der Waals surface area contributed by atoms with Crippen molar-refractivity contribution in [1.29, 1.82) is 0 Å². The summed E-state index contributed by atoms with van der Waals surface area (Å²) in [6, 6.07) is 4.75. The molecular formula is C10H9F2NS. The lowest BCUT2D eigenvalue weighted by Crippen LogP contribution is -1.84. The van der Waals surface area contributed by atoms with E-state index in [0.717, 1.165) is 15.6 Å². The first-order chi connectivity index (χ1) is 6.58. The van der Waals surface area contributed by atoms with Gasteiger partial charge in [0.05, 0.1) is 5.00 Å². The van der Waals surface area contributed by atoms with E-state index in [4.69, 9.17) is 5.73 Å². The van der Waals surface area contributed by atoms with E-state index in [1.807, 2.05) is 6.92 Å². The van der Waals surface area contributed by atoms with Crippen LogP contribution in [0.25, 0.3) is 10.1 Å². The Morgan fingerprint density at radius 2 is 2.00 bits per heavy atom. The third-order valence-electron chi connectivity index (χ3n) is 2.10. The molecule has 0 fully saturated rings. The maximum absolute atomic E-state index is 12.5.